The topological polar surface area (TPSA) is 110 Å². The summed E-state index contributed by atoms with van der Waals surface area (Å²) < 4.78 is 18.0. The van der Waals surface area contributed by atoms with Gasteiger partial charge in [-0.25, -0.2) is 9.18 Å². The Balaban J connectivity index is 2.06. The zero-order valence-electron chi connectivity index (χ0n) is 13.7. The number of carbonyl (C=O) groups excluding carboxylic acids is 3. The van der Waals surface area contributed by atoms with Crippen LogP contribution in [0, 0.1) is 5.82 Å². The van der Waals surface area contributed by atoms with Gasteiger partial charge in [-0.05, 0) is 42.5 Å². The molecule has 2 aromatic rings. The summed E-state index contributed by atoms with van der Waals surface area (Å²) in [7, 11) is 0. The number of nitrogens with zero attached hydrogens (tertiary/aromatic N) is 1. The Bertz CT molecular complexity index is 807. The Hall–Kier alpha value is -3.42. The quantitative estimate of drug-likeness (QED) is 0.729. The molecule has 0 atom stereocenters. The number of hydrogen-bond acceptors (Lipinski definition) is 5. The molecule has 136 valence electrons. The smallest absolute Gasteiger partial charge is 0.338 e. The first-order chi connectivity index (χ1) is 12.4. The summed E-state index contributed by atoms with van der Waals surface area (Å²) in [4.78, 5) is 36.5. The zero-order valence-corrected chi connectivity index (χ0v) is 13.7. The fraction of sp³-hybridized carbons (Fsp3) is 0.167. The first-order valence-electron chi connectivity index (χ1n) is 7.67. The number of halogens is 1. The number of esters is 1. The maximum atomic E-state index is 13.1. The van der Waals surface area contributed by atoms with Crippen molar-refractivity contribution >= 4 is 23.5 Å². The maximum absolute atomic E-state index is 13.1. The molecule has 8 heteroatoms. The van der Waals surface area contributed by atoms with Gasteiger partial charge in [0, 0.05) is 18.7 Å². The number of primary amides is 1. The van der Waals surface area contributed by atoms with Crippen LogP contribution in [0.15, 0.2) is 48.5 Å². The molecule has 0 saturated heterocycles. The largest absolute Gasteiger partial charge is 0.508 e. The average molecular weight is 360 g/mol. The molecule has 2 amide bonds. The monoisotopic (exact) mass is 360 g/mol. The molecule has 0 bridgehead atoms. The summed E-state index contributed by atoms with van der Waals surface area (Å²) in [6.07, 6.45) is -0.108. The van der Waals surface area contributed by atoms with Crippen LogP contribution in [0.2, 0.25) is 0 Å². The lowest BCUT2D eigenvalue weighted by atomic mass is 10.2. The standard InChI is InChI=1S/C18H17FN2O5/c19-13-4-6-14(7-5-13)21(9-8-16(20)23)17(24)11-26-18(25)12-2-1-3-15(22)10-12/h1-7,10,22H,8-9,11H2,(H2,20,23). The first kappa shape index (κ1) is 18.9. The number of nitrogens with two attached hydrogens (primary N) is 1. The number of ether oxygens (including phenoxy) is 1. The Morgan fingerprint density at radius 1 is 1.12 bits per heavy atom. The van der Waals surface area contributed by atoms with Crippen molar-refractivity contribution in [2.75, 3.05) is 18.1 Å². The number of anilines is 1. The summed E-state index contributed by atoms with van der Waals surface area (Å²) >= 11 is 0. The number of hydrogen-bond donors (Lipinski definition) is 2. The van der Waals surface area contributed by atoms with E-state index in [-0.39, 0.29) is 24.3 Å². The van der Waals surface area contributed by atoms with E-state index in [1.165, 1.54) is 53.4 Å². The number of rotatable bonds is 7. The summed E-state index contributed by atoms with van der Waals surface area (Å²) in [5.74, 6) is -2.59. The third-order valence-electron chi connectivity index (χ3n) is 3.43. The third kappa shape index (κ3) is 5.30. The lowest BCUT2D eigenvalue weighted by molar-refractivity contribution is -0.121. The molecular weight excluding hydrogens is 343 g/mol. The van der Waals surface area contributed by atoms with E-state index < -0.39 is 30.2 Å². The Labute approximate surface area is 148 Å². The SMILES string of the molecule is NC(=O)CCN(C(=O)COC(=O)c1cccc(O)c1)c1ccc(F)cc1. The maximum Gasteiger partial charge on any atom is 0.338 e. The van der Waals surface area contributed by atoms with Crippen LogP contribution in [0.25, 0.3) is 0 Å². The number of aromatic hydroxyl groups is 1. The minimum absolute atomic E-state index is 0.0382. The average Bonchev–Trinajstić information content (AvgIpc) is 2.61. The lowest BCUT2D eigenvalue weighted by Gasteiger charge is -2.22. The van der Waals surface area contributed by atoms with E-state index in [1.807, 2.05) is 0 Å². The van der Waals surface area contributed by atoms with Crippen LogP contribution in [0.1, 0.15) is 16.8 Å². The summed E-state index contributed by atoms with van der Waals surface area (Å²) in [5, 5.41) is 9.36. The van der Waals surface area contributed by atoms with E-state index in [2.05, 4.69) is 0 Å². The molecule has 0 unspecified atom stereocenters. The Morgan fingerprint density at radius 3 is 2.42 bits per heavy atom. The molecule has 0 saturated carbocycles. The van der Waals surface area contributed by atoms with Gasteiger partial charge in [-0.3, -0.25) is 9.59 Å². The molecule has 2 aromatic carbocycles. The molecule has 0 spiro atoms. The molecule has 0 heterocycles. The van der Waals surface area contributed by atoms with Crippen molar-refractivity contribution in [3.63, 3.8) is 0 Å². The van der Waals surface area contributed by atoms with Gasteiger partial charge in [0.1, 0.15) is 11.6 Å². The second-order valence-electron chi connectivity index (χ2n) is 5.36. The highest BCUT2D eigenvalue weighted by Crippen LogP contribution is 2.16. The highest BCUT2D eigenvalue weighted by atomic mass is 19.1. The van der Waals surface area contributed by atoms with Crippen molar-refractivity contribution < 1.29 is 28.6 Å². The summed E-state index contributed by atoms with van der Waals surface area (Å²) in [5.41, 5.74) is 5.53. The van der Waals surface area contributed by atoms with Crippen LogP contribution in [0.3, 0.4) is 0 Å². The van der Waals surface area contributed by atoms with E-state index in [0.717, 1.165) is 0 Å². The van der Waals surface area contributed by atoms with Crippen LogP contribution >= 0.6 is 0 Å². The molecule has 0 aromatic heterocycles. The van der Waals surface area contributed by atoms with Crippen LogP contribution in [0.5, 0.6) is 5.75 Å². The van der Waals surface area contributed by atoms with Gasteiger partial charge in [0.25, 0.3) is 5.91 Å². The van der Waals surface area contributed by atoms with E-state index in [4.69, 9.17) is 10.5 Å². The second-order valence-corrected chi connectivity index (χ2v) is 5.36. The van der Waals surface area contributed by atoms with Crippen molar-refractivity contribution in [2.24, 2.45) is 5.73 Å². The molecule has 7 nitrogen and oxygen atoms in total. The molecule has 3 N–H and O–H groups in total. The fourth-order valence-electron chi connectivity index (χ4n) is 2.16. The van der Waals surface area contributed by atoms with Crippen molar-refractivity contribution in [1.82, 2.24) is 0 Å². The number of amides is 2. The highest BCUT2D eigenvalue weighted by Gasteiger charge is 2.19. The molecular formula is C18H17FN2O5. The zero-order chi connectivity index (χ0) is 19.1. The van der Waals surface area contributed by atoms with Crippen LogP contribution in [-0.4, -0.2) is 36.0 Å². The van der Waals surface area contributed by atoms with Crippen molar-refractivity contribution in [3.05, 3.63) is 59.9 Å². The predicted octanol–water partition coefficient (Wildman–Crippen LogP) is 1.60. The van der Waals surface area contributed by atoms with Crippen molar-refractivity contribution in [1.29, 1.82) is 0 Å². The Kier molecular flexibility index (Phi) is 6.26. The van der Waals surface area contributed by atoms with E-state index >= 15 is 0 Å². The van der Waals surface area contributed by atoms with Crippen LogP contribution in [0.4, 0.5) is 10.1 Å². The van der Waals surface area contributed by atoms with Crippen LogP contribution < -0.4 is 10.6 Å². The number of phenolic OH excluding ortho intramolecular Hbond substituents is 1. The minimum Gasteiger partial charge on any atom is -0.508 e. The molecule has 0 aliphatic heterocycles. The second kappa shape index (κ2) is 8.61. The molecule has 0 radical (unpaired) electrons. The van der Waals surface area contributed by atoms with Crippen LogP contribution in [-0.2, 0) is 14.3 Å². The third-order valence-corrected chi connectivity index (χ3v) is 3.43. The van der Waals surface area contributed by atoms with E-state index in [0.29, 0.717) is 5.69 Å². The number of carbonyl (C=O) groups is 3. The van der Waals surface area contributed by atoms with Gasteiger partial charge < -0.3 is 20.5 Å². The Morgan fingerprint density at radius 2 is 1.81 bits per heavy atom. The summed E-state index contributed by atoms with van der Waals surface area (Å²) in [6, 6.07) is 10.6. The van der Waals surface area contributed by atoms with Gasteiger partial charge in [0.15, 0.2) is 6.61 Å². The minimum atomic E-state index is -0.789. The van der Waals surface area contributed by atoms with Crippen molar-refractivity contribution in [3.8, 4) is 5.75 Å². The molecule has 2 rings (SSSR count). The first-order valence-corrected chi connectivity index (χ1v) is 7.67. The van der Waals surface area contributed by atoms with Gasteiger partial charge in [-0.1, -0.05) is 6.07 Å². The van der Waals surface area contributed by atoms with Gasteiger partial charge in [-0.2, -0.15) is 0 Å². The normalized spacial score (nSPS) is 10.2. The van der Waals surface area contributed by atoms with E-state index in [9.17, 15) is 23.9 Å². The molecule has 0 aliphatic carbocycles. The van der Waals surface area contributed by atoms with Gasteiger partial charge in [0.2, 0.25) is 5.91 Å². The van der Waals surface area contributed by atoms with Crippen molar-refractivity contribution in [2.45, 2.75) is 6.42 Å². The molecule has 26 heavy (non-hydrogen) atoms. The van der Waals surface area contributed by atoms with E-state index in [1.54, 1.807) is 0 Å². The van der Waals surface area contributed by atoms with Gasteiger partial charge in [-0.15, -0.1) is 0 Å². The lowest BCUT2D eigenvalue weighted by Crippen LogP contribution is -2.37. The number of phenols is 1. The fourth-order valence-corrected chi connectivity index (χ4v) is 2.16. The molecule has 0 fully saturated rings. The van der Waals surface area contributed by atoms with Gasteiger partial charge in [0.05, 0.1) is 5.56 Å². The van der Waals surface area contributed by atoms with Gasteiger partial charge >= 0.3 is 5.97 Å². The number of benzene rings is 2. The highest BCUT2D eigenvalue weighted by molar-refractivity contribution is 5.97. The predicted molar refractivity (Wildman–Crippen MR) is 91.0 cm³/mol. The summed E-state index contributed by atoms with van der Waals surface area (Å²) in [6.45, 7) is -0.631. The molecule has 0 aliphatic rings.